The van der Waals surface area contributed by atoms with Crippen molar-refractivity contribution in [3.8, 4) is 0 Å². The lowest BCUT2D eigenvalue weighted by molar-refractivity contribution is -0.127. The topological polar surface area (TPSA) is 59.2 Å². The summed E-state index contributed by atoms with van der Waals surface area (Å²) in [5, 5.41) is 0.522. The first kappa shape index (κ1) is 13.8. The normalized spacial score (nSPS) is 9.88. The van der Waals surface area contributed by atoms with E-state index in [9.17, 15) is 4.79 Å². The summed E-state index contributed by atoms with van der Waals surface area (Å²) in [4.78, 5) is 17.5. The van der Waals surface area contributed by atoms with E-state index in [0.29, 0.717) is 24.0 Å². The monoisotopic (exact) mass is 269 g/mol. The SMILES string of the molecule is C=CCN(CC=C)C(=O)CSc1cnc(N)s1. The zero-order valence-electron chi connectivity index (χ0n) is 9.46. The first-order valence-electron chi connectivity index (χ1n) is 5.01. The zero-order valence-corrected chi connectivity index (χ0v) is 11.1. The molecule has 4 nitrogen and oxygen atoms in total. The molecule has 0 saturated carbocycles. The van der Waals surface area contributed by atoms with Crippen LogP contribution in [0.5, 0.6) is 0 Å². The molecule has 0 saturated heterocycles. The number of hydrogen-bond donors (Lipinski definition) is 1. The van der Waals surface area contributed by atoms with E-state index in [0.717, 1.165) is 4.21 Å². The number of thiazole rings is 1. The van der Waals surface area contributed by atoms with Crippen molar-refractivity contribution in [2.24, 2.45) is 0 Å². The lowest BCUT2D eigenvalue weighted by atomic mass is 10.4. The van der Waals surface area contributed by atoms with Crippen LogP contribution in [-0.4, -0.2) is 34.6 Å². The van der Waals surface area contributed by atoms with Gasteiger partial charge in [0.1, 0.15) is 0 Å². The average molecular weight is 269 g/mol. The van der Waals surface area contributed by atoms with Gasteiger partial charge in [0.05, 0.1) is 16.2 Å². The Kier molecular flexibility index (Phi) is 5.79. The van der Waals surface area contributed by atoms with Crippen molar-refractivity contribution >= 4 is 34.1 Å². The predicted molar refractivity (Wildman–Crippen MR) is 74.2 cm³/mol. The van der Waals surface area contributed by atoms with Crippen LogP contribution in [0.1, 0.15) is 0 Å². The van der Waals surface area contributed by atoms with E-state index in [4.69, 9.17) is 5.73 Å². The summed E-state index contributed by atoms with van der Waals surface area (Å²) < 4.78 is 0.952. The van der Waals surface area contributed by atoms with Gasteiger partial charge in [-0.15, -0.1) is 24.9 Å². The second-order valence-corrected chi connectivity index (χ2v) is 5.52. The largest absolute Gasteiger partial charge is 0.375 e. The maximum absolute atomic E-state index is 11.9. The number of carbonyl (C=O) groups excluding carboxylic acids is 1. The molecule has 0 aliphatic rings. The molecule has 0 spiro atoms. The number of carbonyl (C=O) groups is 1. The van der Waals surface area contributed by atoms with Gasteiger partial charge in [0.25, 0.3) is 0 Å². The van der Waals surface area contributed by atoms with E-state index in [1.165, 1.54) is 23.1 Å². The standard InChI is InChI=1S/C11H15N3OS2/c1-3-5-14(6-4-2)9(15)8-16-10-7-13-11(12)17-10/h3-4,7H,1-2,5-6,8H2,(H2,12,13). The van der Waals surface area contributed by atoms with Crippen LogP contribution in [-0.2, 0) is 4.79 Å². The summed E-state index contributed by atoms with van der Waals surface area (Å²) in [6.45, 7) is 8.33. The van der Waals surface area contributed by atoms with Gasteiger partial charge in [0.15, 0.2) is 5.13 Å². The number of amides is 1. The highest BCUT2D eigenvalue weighted by Gasteiger charge is 2.11. The van der Waals surface area contributed by atoms with E-state index in [1.54, 1.807) is 23.2 Å². The lowest BCUT2D eigenvalue weighted by Gasteiger charge is -2.18. The summed E-state index contributed by atoms with van der Waals surface area (Å²) in [6.07, 6.45) is 5.09. The molecule has 0 aliphatic heterocycles. The zero-order chi connectivity index (χ0) is 12.7. The first-order valence-corrected chi connectivity index (χ1v) is 6.81. The third-order valence-corrected chi connectivity index (χ3v) is 3.90. The predicted octanol–water partition coefficient (Wildman–Crippen LogP) is 2.02. The molecule has 92 valence electrons. The first-order chi connectivity index (χ1) is 8.17. The molecule has 6 heteroatoms. The molecule has 0 bridgehead atoms. The van der Waals surface area contributed by atoms with Crippen LogP contribution in [0.2, 0.25) is 0 Å². The third-order valence-electron chi connectivity index (χ3n) is 1.89. The molecule has 1 heterocycles. The molecular weight excluding hydrogens is 254 g/mol. The molecule has 1 amide bonds. The molecule has 0 atom stereocenters. The third kappa shape index (κ3) is 4.62. The highest BCUT2D eigenvalue weighted by Crippen LogP contribution is 2.26. The molecule has 0 fully saturated rings. The van der Waals surface area contributed by atoms with Crippen molar-refractivity contribution in [2.75, 3.05) is 24.6 Å². The number of rotatable bonds is 7. The number of nitrogens with two attached hydrogens (primary N) is 1. The quantitative estimate of drug-likeness (QED) is 0.608. The molecule has 0 unspecified atom stereocenters. The fourth-order valence-electron chi connectivity index (χ4n) is 1.15. The van der Waals surface area contributed by atoms with Crippen molar-refractivity contribution in [1.82, 2.24) is 9.88 Å². The summed E-state index contributed by atoms with van der Waals surface area (Å²) in [5.74, 6) is 0.435. The second kappa shape index (κ2) is 7.13. The molecule has 1 aromatic rings. The Morgan fingerprint density at radius 3 is 2.65 bits per heavy atom. The summed E-state index contributed by atoms with van der Waals surface area (Å²) >= 11 is 2.83. The van der Waals surface area contributed by atoms with Gasteiger partial charge >= 0.3 is 0 Å². The highest BCUT2D eigenvalue weighted by atomic mass is 32.2. The highest BCUT2D eigenvalue weighted by molar-refractivity contribution is 8.01. The van der Waals surface area contributed by atoms with Gasteiger partial charge in [-0.1, -0.05) is 23.5 Å². The maximum Gasteiger partial charge on any atom is 0.233 e. The molecule has 0 radical (unpaired) electrons. The Labute approximate surface area is 109 Å². The van der Waals surface area contributed by atoms with E-state index in [2.05, 4.69) is 18.1 Å². The Morgan fingerprint density at radius 1 is 1.53 bits per heavy atom. The van der Waals surface area contributed by atoms with Crippen LogP contribution in [0.4, 0.5) is 5.13 Å². The van der Waals surface area contributed by atoms with E-state index in [-0.39, 0.29) is 5.91 Å². The second-order valence-electron chi connectivity index (χ2n) is 3.18. The number of thioether (sulfide) groups is 1. The van der Waals surface area contributed by atoms with Crippen LogP contribution in [0.15, 0.2) is 35.7 Å². The van der Waals surface area contributed by atoms with Crippen molar-refractivity contribution < 1.29 is 4.79 Å². The van der Waals surface area contributed by atoms with E-state index < -0.39 is 0 Å². The van der Waals surface area contributed by atoms with Crippen LogP contribution < -0.4 is 5.73 Å². The smallest absolute Gasteiger partial charge is 0.233 e. The number of anilines is 1. The van der Waals surface area contributed by atoms with Crippen molar-refractivity contribution in [1.29, 1.82) is 0 Å². The number of hydrogen-bond acceptors (Lipinski definition) is 5. The van der Waals surface area contributed by atoms with Gasteiger partial charge in [0.2, 0.25) is 5.91 Å². The Morgan fingerprint density at radius 2 is 2.18 bits per heavy atom. The Balaban J connectivity index is 2.46. The van der Waals surface area contributed by atoms with Crippen molar-refractivity contribution in [3.05, 3.63) is 31.5 Å². The minimum Gasteiger partial charge on any atom is -0.375 e. The van der Waals surface area contributed by atoms with Gasteiger partial charge in [0, 0.05) is 13.1 Å². The van der Waals surface area contributed by atoms with Crippen LogP contribution >= 0.6 is 23.1 Å². The molecule has 1 rings (SSSR count). The number of nitrogen functional groups attached to an aromatic ring is 1. The number of nitrogens with zero attached hydrogens (tertiary/aromatic N) is 2. The Bertz CT molecular complexity index is 393. The van der Waals surface area contributed by atoms with Gasteiger partial charge in [-0.25, -0.2) is 4.98 Å². The van der Waals surface area contributed by atoms with Crippen molar-refractivity contribution in [2.45, 2.75) is 4.21 Å². The molecule has 0 aromatic carbocycles. The summed E-state index contributed by atoms with van der Waals surface area (Å²) in [6, 6.07) is 0. The Hall–Kier alpha value is -1.27. The summed E-state index contributed by atoms with van der Waals surface area (Å²) in [7, 11) is 0. The minimum atomic E-state index is 0.0572. The summed E-state index contributed by atoms with van der Waals surface area (Å²) in [5.41, 5.74) is 5.51. The van der Waals surface area contributed by atoms with Gasteiger partial charge in [-0.2, -0.15) is 0 Å². The van der Waals surface area contributed by atoms with E-state index in [1.807, 2.05) is 0 Å². The van der Waals surface area contributed by atoms with Crippen LogP contribution in [0.3, 0.4) is 0 Å². The fraction of sp³-hybridized carbons (Fsp3) is 0.273. The van der Waals surface area contributed by atoms with E-state index >= 15 is 0 Å². The molecule has 17 heavy (non-hydrogen) atoms. The maximum atomic E-state index is 11.9. The molecule has 2 N–H and O–H groups in total. The molecule has 1 aromatic heterocycles. The molecular formula is C11H15N3OS2. The van der Waals surface area contributed by atoms with Crippen molar-refractivity contribution in [3.63, 3.8) is 0 Å². The minimum absolute atomic E-state index is 0.0572. The van der Waals surface area contributed by atoms with Crippen LogP contribution in [0, 0.1) is 0 Å². The number of aromatic nitrogens is 1. The van der Waals surface area contributed by atoms with Gasteiger partial charge in [-0.3, -0.25) is 4.79 Å². The van der Waals surface area contributed by atoms with Gasteiger partial charge in [-0.05, 0) is 0 Å². The fourth-order valence-corrected chi connectivity index (χ4v) is 2.81. The lowest BCUT2D eigenvalue weighted by Crippen LogP contribution is -2.32. The molecule has 0 aliphatic carbocycles. The van der Waals surface area contributed by atoms with Crippen LogP contribution in [0.25, 0.3) is 0 Å². The average Bonchev–Trinajstić information content (AvgIpc) is 2.72. The van der Waals surface area contributed by atoms with Gasteiger partial charge < -0.3 is 10.6 Å².